The van der Waals surface area contributed by atoms with Gasteiger partial charge < -0.3 is 0 Å². The van der Waals surface area contributed by atoms with E-state index in [1.54, 1.807) is 0 Å². The van der Waals surface area contributed by atoms with Crippen LogP contribution in [0.4, 0.5) is 0 Å². The molecule has 3 unspecified atom stereocenters. The molecule has 0 amide bonds. The second-order valence-electron chi connectivity index (χ2n) is 12.1. The minimum atomic E-state index is -2.77. The van der Waals surface area contributed by atoms with Gasteiger partial charge in [-0.1, -0.05) is 0 Å². The van der Waals surface area contributed by atoms with Crippen molar-refractivity contribution in [3.8, 4) is 0 Å². The number of benzene rings is 2. The van der Waals surface area contributed by atoms with Crippen molar-refractivity contribution in [1.29, 1.82) is 0 Å². The number of hydrogen-bond donors (Lipinski definition) is 0. The Bertz CT molecular complexity index is 1060. The molecule has 0 aliphatic heterocycles. The number of hydrogen-bond acceptors (Lipinski definition) is 2. The van der Waals surface area contributed by atoms with E-state index in [4.69, 9.17) is 25.9 Å². The summed E-state index contributed by atoms with van der Waals surface area (Å²) in [7, 11) is 10.2. The van der Waals surface area contributed by atoms with E-state index in [0.717, 1.165) is 19.4 Å². The summed E-state index contributed by atoms with van der Waals surface area (Å²) < 4.78 is 13.3. The van der Waals surface area contributed by atoms with Crippen LogP contribution in [0.3, 0.4) is 0 Å². The van der Waals surface area contributed by atoms with Gasteiger partial charge in [-0.25, -0.2) is 0 Å². The molecule has 7 heteroatoms. The molecule has 0 bridgehead atoms. The van der Waals surface area contributed by atoms with Crippen LogP contribution in [-0.2, 0) is 28.2 Å². The molecule has 0 aromatic heterocycles. The topological polar surface area (TPSA) is 18.5 Å². The first-order valence-electron chi connectivity index (χ1n) is 12.9. The summed E-state index contributed by atoms with van der Waals surface area (Å²) in [5.74, 6) is 0.479. The van der Waals surface area contributed by atoms with Crippen LogP contribution in [0.2, 0.25) is 39.3 Å². The fourth-order valence-corrected chi connectivity index (χ4v) is 14.7. The summed E-state index contributed by atoms with van der Waals surface area (Å²) in [6.45, 7) is 14.3. The van der Waals surface area contributed by atoms with Gasteiger partial charge in [0.15, 0.2) is 0 Å². The van der Waals surface area contributed by atoms with Gasteiger partial charge in [-0.2, -0.15) is 0 Å². The molecule has 0 N–H and O–H groups in total. The Balaban J connectivity index is 1.86. The quantitative estimate of drug-likeness (QED) is 0.229. The van der Waals surface area contributed by atoms with E-state index in [1.165, 1.54) is 22.3 Å². The molecule has 3 atom stereocenters. The van der Waals surface area contributed by atoms with Gasteiger partial charge in [0.05, 0.1) is 0 Å². The number of halogens is 2. The summed E-state index contributed by atoms with van der Waals surface area (Å²) in [5, 5.41) is 0. The molecule has 4 rings (SSSR count). The van der Waals surface area contributed by atoms with Crippen LogP contribution >= 0.6 is 17.0 Å². The Morgan fingerprint density at radius 1 is 0.806 bits per heavy atom. The zero-order valence-corrected chi connectivity index (χ0v) is 28.3. The average molecular weight is 638 g/mol. The number of rotatable bonds is 11. The number of allylic oxidation sites excluding steroid dienone is 2. The summed E-state index contributed by atoms with van der Waals surface area (Å²) in [4.78, 5) is 0. The van der Waals surface area contributed by atoms with Crippen molar-refractivity contribution < 1.29 is 28.2 Å². The first-order chi connectivity index (χ1) is 16.9. The molecule has 0 fully saturated rings. The van der Waals surface area contributed by atoms with E-state index < -0.39 is 36.0 Å². The Morgan fingerprint density at radius 3 is 1.75 bits per heavy atom. The van der Waals surface area contributed by atoms with Crippen molar-refractivity contribution in [2.45, 2.75) is 67.8 Å². The molecule has 2 aliphatic carbocycles. The van der Waals surface area contributed by atoms with Crippen molar-refractivity contribution in [2.24, 2.45) is 5.41 Å². The molecule has 0 radical (unpaired) electrons. The van der Waals surface area contributed by atoms with Crippen LogP contribution in [0.25, 0.3) is 12.2 Å². The molecule has 0 saturated carbocycles. The molecule has 0 saturated heterocycles. The van der Waals surface area contributed by atoms with Crippen LogP contribution in [0.5, 0.6) is 0 Å². The normalized spacial score (nSPS) is 21.2. The van der Waals surface area contributed by atoms with Crippen molar-refractivity contribution in [2.75, 3.05) is 6.61 Å². The van der Waals surface area contributed by atoms with Crippen molar-refractivity contribution in [3.05, 3.63) is 82.9 Å². The van der Waals surface area contributed by atoms with Gasteiger partial charge in [-0.3, -0.25) is 0 Å². The summed E-state index contributed by atoms with van der Waals surface area (Å²) in [6, 6.07) is 17.7. The molecular weight excluding hydrogens is 599 g/mol. The first-order valence-corrected chi connectivity index (χ1v) is 27.5. The number of fused-ring (bicyclic) bond motifs is 2. The average Bonchev–Trinajstić information content (AvgIpc) is 3.41. The fourth-order valence-electron chi connectivity index (χ4n) is 5.84. The third kappa shape index (κ3) is 6.65. The van der Waals surface area contributed by atoms with Crippen LogP contribution in [0.15, 0.2) is 60.7 Å². The van der Waals surface area contributed by atoms with E-state index in [-0.39, 0.29) is 21.1 Å². The Labute approximate surface area is 235 Å². The molecule has 2 aliphatic rings. The van der Waals surface area contributed by atoms with Gasteiger partial charge >= 0.3 is 237 Å². The third-order valence-electron chi connectivity index (χ3n) is 7.24. The van der Waals surface area contributed by atoms with E-state index in [0.29, 0.717) is 0 Å². The summed E-state index contributed by atoms with van der Waals surface area (Å²) >= 11 is -2.77. The third-order valence-corrected chi connectivity index (χ3v) is 14.8. The van der Waals surface area contributed by atoms with E-state index in [2.05, 4.69) is 112 Å². The maximum atomic E-state index is 6.88. The molecule has 2 nitrogen and oxygen atoms in total. The zero-order valence-electron chi connectivity index (χ0n) is 22.4. The van der Waals surface area contributed by atoms with Gasteiger partial charge in [0.2, 0.25) is 0 Å². The van der Waals surface area contributed by atoms with Crippen molar-refractivity contribution in [3.63, 3.8) is 0 Å². The SMILES string of the molecule is C[Si](C)(C)OCCC(C[CH](O[Si](C)(C)C)[Zr]([Cl])[Cl])(C1C=Cc2ccccc21)C1C=Cc2ccccc21. The predicted octanol–water partition coefficient (Wildman–Crippen LogP) is 9.33. The standard InChI is InChI=1S/C29H39O2Si2.2ClH.Zr/c1-32(2,3)30-21-19-29(20-22-31-33(4,5)6,27-17-15-23-11-7-9-13-25(23)27)28-18-16-24-12-8-10-14-26(24)28;;;/h7-18,21,27-28H,19-20,22H2,1-6H3;2*1H;/q;;;+2/p-2. The van der Waals surface area contributed by atoms with Crippen LogP contribution in [-0.4, -0.2) is 27.1 Å². The molecular formula is C29H39Cl2O2Si2Zr. The Morgan fingerprint density at radius 2 is 1.31 bits per heavy atom. The Kier molecular flexibility index (Phi) is 9.15. The molecule has 0 heterocycles. The van der Waals surface area contributed by atoms with Gasteiger partial charge in [-0.15, -0.1) is 0 Å². The second-order valence-corrected chi connectivity index (χ2v) is 30.0. The molecule has 2 aromatic carbocycles. The summed E-state index contributed by atoms with van der Waals surface area (Å²) in [5.41, 5.74) is 5.25. The molecule has 36 heavy (non-hydrogen) atoms. The predicted molar refractivity (Wildman–Crippen MR) is 157 cm³/mol. The van der Waals surface area contributed by atoms with Crippen LogP contribution in [0.1, 0.15) is 46.9 Å². The van der Waals surface area contributed by atoms with Gasteiger partial charge in [0, 0.05) is 0 Å². The summed E-state index contributed by atoms with van der Waals surface area (Å²) in [6.07, 6.45) is 11.2. The van der Waals surface area contributed by atoms with Gasteiger partial charge in [0.1, 0.15) is 0 Å². The Hall–Kier alpha value is -0.263. The van der Waals surface area contributed by atoms with E-state index in [9.17, 15) is 0 Å². The van der Waals surface area contributed by atoms with Crippen LogP contribution < -0.4 is 0 Å². The maximum absolute atomic E-state index is 6.88. The second kappa shape index (κ2) is 11.5. The van der Waals surface area contributed by atoms with Crippen molar-refractivity contribution in [1.82, 2.24) is 0 Å². The molecule has 0 spiro atoms. The molecule has 193 valence electrons. The van der Waals surface area contributed by atoms with E-state index in [1.807, 2.05) is 0 Å². The van der Waals surface area contributed by atoms with Crippen LogP contribution in [0, 0.1) is 5.41 Å². The molecule has 2 aromatic rings. The van der Waals surface area contributed by atoms with Crippen molar-refractivity contribution >= 4 is 45.8 Å². The monoisotopic (exact) mass is 635 g/mol. The fraction of sp³-hybridized carbons (Fsp3) is 0.448. The van der Waals surface area contributed by atoms with Gasteiger partial charge in [0.25, 0.3) is 0 Å². The first kappa shape index (κ1) is 28.7. The van der Waals surface area contributed by atoms with Gasteiger partial charge in [-0.05, 0) is 0 Å². The van der Waals surface area contributed by atoms with E-state index >= 15 is 0 Å². The zero-order chi connectivity index (χ0) is 26.1. The minimum absolute atomic E-state index is 0.0587.